The Morgan fingerprint density at radius 1 is 0.982 bits per heavy atom. The van der Waals surface area contributed by atoms with E-state index in [0.29, 0.717) is 90.4 Å². The van der Waals surface area contributed by atoms with Gasteiger partial charge in [-0.1, -0.05) is 0 Å². The lowest BCUT2D eigenvalue weighted by atomic mass is 10.1. The van der Waals surface area contributed by atoms with Crippen molar-refractivity contribution in [1.82, 2.24) is 34.2 Å². The number of nitrogens with one attached hydrogen (secondary N) is 4. The molecular formula is C38H47N13O6. The average molecular weight is 782 g/mol. The number of likely N-dealkylation sites (N-methyl/N-ethyl adjacent to an activating group) is 1. The minimum atomic E-state index is -0.677. The SMILES string of the molecule is CCN/C(=C\C(C)=N)C(=O)Nc1nc2cc(C(N)=O)cc(OCCCN)c2n1CCC[C@H]1COc2cc(C(N)=O)cc3nc(NC(=O)c4cc(C)nn4CC)n1c23. The van der Waals surface area contributed by atoms with E-state index in [9.17, 15) is 19.2 Å². The zero-order valence-corrected chi connectivity index (χ0v) is 32.3. The van der Waals surface area contributed by atoms with Gasteiger partial charge in [0.25, 0.3) is 11.8 Å². The standard InChI is InChI=1S/C38H47N13O6/c1-5-43-27(13-20(3)40)35(54)46-37-44-25-15-22(33(41)52)17-29(56-12-8-10-39)31(25)49(37)11-7-9-24-19-57-30-18-23(34(42)53)16-26-32(30)51(24)38(45-26)47-36(55)28-14-21(4)48-50(28)6-2/h13-18,24,40,43H,5-12,19,39H2,1-4H3,(H2,41,52)(H2,42,53)(H,44,46,54)(H,45,47,55)/b27-13-,40-20?/t24-/m0/s1. The Morgan fingerprint density at radius 3 is 2.35 bits per heavy atom. The molecule has 0 bridgehead atoms. The highest BCUT2D eigenvalue weighted by atomic mass is 16.5. The lowest BCUT2D eigenvalue weighted by Gasteiger charge is -2.27. The molecule has 0 radical (unpaired) electrons. The number of rotatable bonds is 18. The summed E-state index contributed by atoms with van der Waals surface area (Å²) in [7, 11) is 0. The van der Waals surface area contributed by atoms with Gasteiger partial charge in [0.1, 0.15) is 40.5 Å². The molecule has 1 aliphatic rings. The van der Waals surface area contributed by atoms with E-state index >= 15 is 0 Å². The minimum Gasteiger partial charge on any atom is -0.491 e. The third-order valence-electron chi connectivity index (χ3n) is 9.31. The van der Waals surface area contributed by atoms with Crippen molar-refractivity contribution in [3.05, 3.63) is 64.6 Å². The molecule has 4 amide bonds. The Hall–Kier alpha value is -6.76. The summed E-state index contributed by atoms with van der Waals surface area (Å²) in [4.78, 5) is 61.2. The van der Waals surface area contributed by atoms with Gasteiger partial charge in [0, 0.05) is 36.5 Å². The van der Waals surface area contributed by atoms with Crippen molar-refractivity contribution in [2.24, 2.45) is 17.2 Å². The molecule has 57 heavy (non-hydrogen) atoms. The van der Waals surface area contributed by atoms with Crippen LogP contribution in [0.3, 0.4) is 0 Å². The Balaban J connectivity index is 1.38. The van der Waals surface area contributed by atoms with Crippen LogP contribution in [-0.4, -0.2) is 84.5 Å². The van der Waals surface area contributed by atoms with Gasteiger partial charge in [0.2, 0.25) is 23.7 Å². The number of ether oxygens (including phenoxy) is 2. The summed E-state index contributed by atoms with van der Waals surface area (Å²) in [5, 5.41) is 21.2. The smallest absolute Gasteiger partial charge is 0.276 e. The van der Waals surface area contributed by atoms with Gasteiger partial charge in [-0.2, -0.15) is 5.10 Å². The second-order valence-corrected chi connectivity index (χ2v) is 13.6. The number of carbonyl (C=O) groups excluding carboxylic acids is 4. The van der Waals surface area contributed by atoms with E-state index in [4.69, 9.17) is 42.1 Å². The monoisotopic (exact) mass is 781 g/mol. The number of allylic oxidation sites excluding steroid dienone is 1. The molecule has 0 spiro atoms. The molecule has 2 aromatic carbocycles. The van der Waals surface area contributed by atoms with Gasteiger partial charge in [0.05, 0.1) is 29.4 Å². The number of anilines is 2. The molecule has 0 saturated carbocycles. The third-order valence-corrected chi connectivity index (χ3v) is 9.31. The average Bonchev–Trinajstić information content (AvgIpc) is 3.85. The summed E-state index contributed by atoms with van der Waals surface area (Å²) >= 11 is 0. The predicted octanol–water partition coefficient (Wildman–Crippen LogP) is 2.97. The number of carbonyl (C=O) groups is 4. The number of aromatic nitrogens is 6. The highest BCUT2D eigenvalue weighted by molar-refractivity contribution is 6.08. The summed E-state index contributed by atoms with van der Waals surface area (Å²) in [6, 6.07) is 7.57. The Labute approximate surface area is 327 Å². The zero-order chi connectivity index (χ0) is 41.0. The fourth-order valence-corrected chi connectivity index (χ4v) is 6.82. The first-order valence-corrected chi connectivity index (χ1v) is 18.7. The van der Waals surface area contributed by atoms with Crippen LogP contribution < -0.4 is 42.6 Å². The quantitative estimate of drug-likeness (QED) is 0.0386. The number of nitrogens with zero attached hydrogens (tertiary/aromatic N) is 6. The van der Waals surface area contributed by atoms with Crippen molar-refractivity contribution in [3.63, 3.8) is 0 Å². The molecule has 4 heterocycles. The molecule has 19 nitrogen and oxygen atoms in total. The summed E-state index contributed by atoms with van der Waals surface area (Å²) < 4.78 is 17.6. The maximum Gasteiger partial charge on any atom is 0.276 e. The molecule has 5 aromatic rings. The number of fused-ring (bicyclic) bond motifs is 1. The second-order valence-electron chi connectivity index (χ2n) is 13.6. The molecule has 1 aliphatic heterocycles. The first kappa shape index (κ1) is 39.9. The molecule has 19 heteroatoms. The second kappa shape index (κ2) is 16.9. The van der Waals surface area contributed by atoms with Gasteiger partial charge in [-0.25, -0.2) is 9.97 Å². The highest BCUT2D eigenvalue weighted by Gasteiger charge is 2.30. The molecule has 0 saturated heterocycles. The molecule has 0 unspecified atom stereocenters. The van der Waals surface area contributed by atoms with Crippen molar-refractivity contribution >= 4 is 63.3 Å². The predicted molar refractivity (Wildman–Crippen MR) is 214 cm³/mol. The molecule has 0 aliphatic carbocycles. The van der Waals surface area contributed by atoms with E-state index in [-0.39, 0.29) is 53.7 Å². The van der Waals surface area contributed by atoms with Gasteiger partial charge in [-0.05, 0) is 89.9 Å². The van der Waals surface area contributed by atoms with Crippen molar-refractivity contribution in [1.29, 1.82) is 5.41 Å². The molecular weight excluding hydrogens is 735 g/mol. The van der Waals surface area contributed by atoms with Gasteiger partial charge in [0.15, 0.2) is 0 Å². The van der Waals surface area contributed by atoms with Crippen LogP contribution in [0.1, 0.15) is 83.0 Å². The number of primary amides is 2. The largest absolute Gasteiger partial charge is 0.491 e. The van der Waals surface area contributed by atoms with E-state index in [2.05, 4.69) is 21.0 Å². The van der Waals surface area contributed by atoms with Crippen LogP contribution in [0, 0.1) is 12.3 Å². The Morgan fingerprint density at radius 2 is 1.68 bits per heavy atom. The van der Waals surface area contributed by atoms with Crippen LogP contribution in [-0.2, 0) is 17.9 Å². The zero-order valence-electron chi connectivity index (χ0n) is 32.3. The van der Waals surface area contributed by atoms with Crippen molar-refractivity contribution in [2.75, 3.05) is 36.9 Å². The Bertz CT molecular complexity index is 2420. The van der Waals surface area contributed by atoms with E-state index in [0.717, 1.165) is 0 Å². The number of nitrogens with two attached hydrogens (primary N) is 3. The minimum absolute atomic E-state index is 0.175. The molecule has 0 fully saturated rings. The summed E-state index contributed by atoms with van der Waals surface area (Å²) in [5.74, 6) is -1.07. The number of amides is 4. The fraction of sp³-hybridized carbons (Fsp3) is 0.368. The first-order valence-electron chi connectivity index (χ1n) is 18.7. The highest BCUT2D eigenvalue weighted by Crippen LogP contribution is 2.39. The van der Waals surface area contributed by atoms with Crippen molar-refractivity contribution < 1.29 is 28.7 Å². The maximum atomic E-state index is 13.7. The summed E-state index contributed by atoms with van der Waals surface area (Å²) in [6.45, 7) is 9.14. The lowest BCUT2D eigenvalue weighted by molar-refractivity contribution is -0.113. The summed E-state index contributed by atoms with van der Waals surface area (Å²) in [6.07, 6.45) is 2.94. The van der Waals surface area contributed by atoms with Gasteiger partial charge >= 0.3 is 0 Å². The van der Waals surface area contributed by atoms with Crippen molar-refractivity contribution in [3.8, 4) is 11.5 Å². The van der Waals surface area contributed by atoms with Crippen molar-refractivity contribution in [2.45, 2.75) is 66.1 Å². The molecule has 300 valence electrons. The van der Waals surface area contributed by atoms with Gasteiger partial charge in [-0.15, -0.1) is 0 Å². The molecule has 1 atom stereocenters. The summed E-state index contributed by atoms with van der Waals surface area (Å²) in [5.41, 5.74) is 20.7. The number of aryl methyl sites for hydroxylation is 3. The maximum absolute atomic E-state index is 13.7. The van der Waals surface area contributed by atoms with Crippen LogP contribution in [0.2, 0.25) is 0 Å². The Kier molecular flexibility index (Phi) is 11.9. The molecule has 6 rings (SSSR count). The van der Waals surface area contributed by atoms with Crippen LogP contribution >= 0.6 is 0 Å². The van der Waals surface area contributed by atoms with E-state index in [1.165, 1.54) is 12.1 Å². The van der Waals surface area contributed by atoms with E-state index < -0.39 is 23.6 Å². The number of imidazole rings is 2. The fourth-order valence-electron chi connectivity index (χ4n) is 6.82. The number of benzene rings is 2. The lowest BCUT2D eigenvalue weighted by Crippen LogP contribution is -2.28. The third kappa shape index (κ3) is 8.42. The van der Waals surface area contributed by atoms with Gasteiger partial charge < -0.3 is 46.5 Å². The number of hydrogen-bond acceptors (Lipinski definition) is 12. The van der Waals surface area contributed by atoms with Gasteiger partial charge in [-0.3, -0.25) is 34.5 Å². The number of hydrogen-bond donors (Lipinski definition) is 7. The van der Waals surface area contributed by atoms with E-state index in [1.807, 2.05) is 25.3 Å². The molecule has 3 aromatic heterocycles. The normalized spacial score (nSPS) is 13.7. The topological polar surface area (TPSA) is 278 Å². The van der Waals surface area contributed by atoms with Crippen LogP contribution in [0.4, 0.5) is 11.9 Å². The van der Waals surface area contributed by atoms with Crippen LogP contribution in [0.5, 0.6) is 11.5 Å². The van der Waals surface area contributed by atoms with Crippen LogP contribution in [0.25, 0.3) is 22.1 Å². The van der Waals surface area contributed by atoms with Crippen LogP contribution in [0.15, 0.2) is 42.1 Å². The van der Waals surface area contributed by atoms with E-state index in [1.54, 1.807) is 40.4 Å². The molecule has 10 N–H and O–H groups in total. The first-order chi connectivity index (χ1) is 27.3.